The summed E-state index contributed by atoms with van der Waals surface area (Å²) in [5, 5.41) is 8.14. The number of para-hydroxylation sites is 1. The predicted octanol–water partition coefficient (Wildman–Crippen LogP) is 1.78. The standard InChI is InChI=1S/C32H39IN3O4/c1-30(15-18-34-30)28(37)22-10-12-23(13-11-22)39-19-16-31-14-6-7-17-33-32(21-31,35-31)29(38)27-25(20-36(2)3)24-8-4-5-9-26(24)40-27/h4-5,8-13,34-35H,6-7,14-21H2,1-3H3/q-1. The van der Waals surface area contributed by atoms with Crippen LogP contribution in [0.1, 0.15) is 71.9 Å². The number of ether oxygens (including phenoxy) is 1. The summed E-state index contributed by atoms with van der Waals surface area (Å²) in [6.07, 6.45) is 5.99. The Balaban J connectivity index is 1.14. The summed E-state index contributed by atoms with van der Waals surface area (Å²) in [6.45, 7) is 4.10. The van der Waals surface area contributed by atoms with E-state index in [1.165, 1.54) is 12.8 Å². The van der Waals surface area contributed by atoms with Crippen LogP contribution in [0.3, 0.4) is 0 Å². The van der Waals surface area contributed by atoms with Crippen LogP contribution in [0.15, 0.2) is 52.9 Å². The minimum absolute atomic E-state index is 0.0794. The number of ketones is 2. The van der Waals surface area contributed by atoms with Crippen LogP contribution in [0, 0.1) is 0 Å². The number of carbonyl (C=O) groups excluding carboxylic acids is 2. The molecule has 4 saturated heterocycles. The second kappa shape index (κ2) is 10.9. The third-order valence-corrected chi connectivity index (χ3v) is 12.5. The van der Waals surface area contributed by atoms with Gasteiger partial charge in [-0.3, -0.25) is 0 Å². The van der Waals surface area contributed by atoms with Crippen molar-refractivity contribution >= 4 is 22.5 Å². The number of nitrogens with one attached hydrogen (secondary N) is 2. The molecule has 7 nitrogen and oxygen atoms in total. The van der Waals surface area contributed by atoms with Gasteiger partial charge < -0.3 is 5.32 Å². The second-order valence-electron chi connectivity index (χ2n) is 12.1. The van der Waals surface area contributed by atoms with Gasteiger partial charge in [0, 0.05) is 0 Å². The third-order valence-electron chi connectivity index (χ3n) is 8.75. The van der Waals surface area contributed by atoms with E-state index >= 15 is 0 Å². The van der Waals surface area contributed by atoms with Gasteiger partial charge in [-0.05, 0) is 19.9 Å². The number of rotatable bonds is 10. The molecule has 5 heterocycles. The first-order valence-corrected chi connectivity index (χ1v) is 17.0. The molecule has 1 aromatic heterocycles. The molecule has 4 aliphatic heterocycles. The van der Waals surface area contributed by atoms with E-state index in [2.05, 4.69) is 21.6 Å². The summed E-state index contributed by atoms with van der Waals surface area (Å²) in [5.41, 5.74) is 1.99. The van der Waals surface area contributed by atoms with E-state index in [0.29, 0.717) is 24.5 Å². The maximum absolute atomic E-state index is 14.2. The molecule has 3 aromatic rings. The molecule has 3 atom stereocenters. The molecule has 0 aliphatic carbocycles. The number of hydrogen-bond acceptors (Lipinski definition) is 7. The van der Waals surface area contributed by atoms with Crippen molar-refractivity contribution in [3.63, 3.8) is 0 Å². The molecule has 4 aliphatic rings. The number of fused-ring (bicyclic) bond motifs is 5. The van der Waals surface area contributed by atoms with E-state index in [1.807, 2.05) is 63.5 Å². The third kappa shape index (κ3) is 5.12. The maximum atomic E-state index is 14.2. The van der Waals surface area contributed by atoms with Gasteiger partial charge in [-0.1, -0.05) is 0 Å². The number of halogens is 1. The van der Waals surface area contributed by atoms with Gasteiger partial charge in [0.15, 0.2) is 0 Å². The van der Waals surface area contributed by atoms with Crippen LogP contribution < -0.4 is 36.6 Å². The first-order chi connectivity index (χ1) is 19.2. The van der Waals surface area contributed by atoms with Gasteiger partial charge in [0.2, 0.25) is 0 Å². The van der Waals surface area contributed by atoms with Crippen molar-refractivity contribution in [1.82, 2.24) is 15.5 Å². The van der Waals surface area contributed by atoms with Crippen LogP contribution in [-0.4, -0.2) is 62.8 Å². The van der Waals surface area contributed by atoms with E-state index in [1.54, 1.807) is 0 Å². The Hall–Kier alpha value is -2.27. The van der Waals surface area contributed by atoms with Crippen LogP contribution in [-0.2, 0) is 6.54 Å². The number of Topliss-reactive ketones (excluding diaryl/α,β-unsaturated/α-hetero) is 2. The van der Waals surface area contributed by atoms with Crippen molar-refractivity contribution in [2.75, 3.05) is 31.7 Å². The molecule has 0 saturated carbocycles. The fourth-order valence-electron chi connectivity index (χ4n) is 6.37. The Labute approximate surface area is 246 Å². The zero-order valence-electron chi connectivity index (χ0n) is 23.6. The minimum atomic E-state index is -0.470. The first-order valence-electron chi connectivity index (χ1n) is 14.3. The Morgan fingerprint density at radius 3 is 2.50 bits per heavy atom. The molecular formula is C32H39IN3O4-. The molecule has 2 N–H and O–H groups in total. The molecule has 3 unspecified atom stereocenters. The van der Waals surface area contributed by atoms with Crippen molar-refractivity contribution in [1.29, 1.82) is 0 Å². The van der Waals surface area contributed by atoms with Gasteiger partial charge in [0.1, 0.15) is 0 Å². The molecule has 8 heteroatoms. The van der Waals surface area contributed by atoms with Crippen molar-refractivity contribution in [2.24, 2.45) is 0 Å². The normalized spacial score (nSPS) is 28.1. The van der Waals surface area contributed by atoms with Crippen LogP contribution >= 0.6 is 0 Å². The molecule has 2 aromatic carbocycles. The van der Waals surface area contributed by atoms with Gasteiger partial charge >= 0.3 is 222 Å². The second-order valence-corrected chi connectivity index (χ2v) is 15.8. The number of carbonyl (C=O) groups is 2. The summed E-state index contributed by atoms with van der Waals surface area (Å²) < 4.78 is 13.1. The van der Waals surface area contributed by atoms with Crippen LogP contribution in [0.2, 0.25) is 0 Å². The Bertz CT molecular complexity index is 1400. The number of furan rings is 1. The van der Waals surface area contributed by atoms with Gasteiger partial charge in [-0.25, -0.2) is 0 Å². The fourth-order valence-corrected chi connectivity index (χ4v) is 10.6. The van der Waals surface area contributed by atoms with Gasteiger partial charge in [-0.2, -0.15) is 0 Å². The number of alkyl halides is 2. The van der Waals surface area contributed by atoms with Gasteiger partial charge in [0.05, 0.1) is 0 Å². The molecule has 2 bridgehead atoms. The molecule has 7 rings (SSSR count). The van der Waals surface area contributed by atoms with Crippen LogP contribution in [0.4, 0.5) is 0 Å². The average Bonchev–Trinajstić information content (AvgIpc) is 3.25. The summed E-state index contributed by atoms with van der Waals surface area (Å²) in [4.78, 5) is 29.1. The number of hydrogen-bond donors (Lipinski definition) is 2. The van der Waals surface area contributed by atoms with Crippen molar-refractivity contribution < 1.29 is 39.9 Å². The summed E-state index contributed by atoms with van der Waals surface area (Å²) in [5.74, 6) is 1.59. The SMILES string of the molecule is CN(C)Cc1c(C(=O)C23CC(CCOc4ccc(C(=O)C5(C)CCN5)cc4)(CCCC[I-]2)N3)oc2ccccc12. The van der Waals surface area contributed by atoms with E-state index in [-0.39, 0.29) is 38.3 Å². The zero-order valence-corrected chi connectivity index (χ0v) is 25.8. The molecule has 0 spiro atoms. The van der Waals surface area contributed by atoms with Crippen LogP contribution in [0.5, 0.6) is 5.75 Å². The average molecular weight is 657 g/mol. The topological polar surface area (TPSA) is 83.8 Å². The predicted molar refractivity (Wildman–Crippen MR) is 152 cm³/mol. The fraction of sp³-hybridized carbons (Fsp3) is 0.500. The summed E-state index contributed by atoms with van der Waals surface area (Å²) in [6, 6.07) is 15.5. The van der Waals surface area contributed by atoms with E-state index < -0.39 is 9.08 Å². The van der Waals surface area contributed by atoms with Crippen molar-refractivity contribution in [3.05, 3.63) is 65.4 Å². The molecule has 40 heavy (non-hydrogen) atoms. The number of nitrogens with zero attached hydrogens (tertiary/aromatic N) is 1. The molecule has 0 amide bonds. The molecule has 4 fully saturated rings. The van der Waals surface area contributed by atoms with E-state index in [0.717, 1.165) is 58.9 Å². The first kappa shape index (κ1) is 27.9. The molecule has 0 radical (unpaired) electrons. The van der Waals surface area contributed by atoms with Gasteiger partial charge in [0.25, 0.3) is 0 Å². The Morgan fingerprint density at radius 2 is 1.80 bits per heavy atom. The Morgan fingerprint density at radius 1 is 1.05 bits per heavy atom. The van der Waals surface area contributed by atoms with Crippen LogP contribution in [0.25, 0.3) is 11.0 Å². The van der Waals surface area contributed by atoms with Crippen molar-refractivity contribution in [2.45, 2.75) is 66.6 Å². The number of benzene rings is 2. The quantitative estimate of drug-likeness (QED) is 0.149. The summed E-state index contributed by atoms with van der Waals surface area (Å²) in [7, 11) is 4.06. The van der Waals surface area contributed by atoms with E-state index in [9.17, 15) is 9.59 Å². The molecule has 214 valence electrons. The zero-order chi connectivity index (χ0) is 28.0. The monoisotopic (exact) mass is 656 g/mol. The molecular weight excluding hydrogens is 617 g/mol. The summed E-state index contributed by atoms with van der Waals surface area (Å²) >= 11 is -0.366. The van der Waals surface area contributed by atoms with Crippen molar-refractivity contribution in [3.8, 4) is 5.75 Å². The van der Waals surface area contributed by atoms with Gasteiger partial charge in [-0.15, -0.1) is 0 Å². The Kier molecular flexibility index (Phi) is 7.56. The van der Waals surface area contributed by atoms with E-state index in [4.69, 9.17) is 9.15 Å².